The summed E-state index contributed by atoms with van der Waals surface area (Å²) in [4.78, 5) is 22.5. The highest BCUT2D eigenvalue weighted by atomic mass is 32.2. The van der Waals surface area contributed by atoms with E-state index in [0.29, 0.717) is 26.5 Å². The molecule has 6 aromatic rings. The van der Waals surface area contributed by atoms with E-state index in [9.17, 15) is 4.79 Å². The number of nitrogens with one attached hydrogen (secondary N) is 1. The lowest BCUT2D eigenvalue weighted by molar-refractivity contribution is 0.755. The number of para-hydroxylation sites is 2. The first-order valence-electron chi connectivity index (χ1n) is 10.4. The molecule has 0 aliphatic carbocycles. The molecule has 2 aromatic carbocycles. The smallest absolute Gasteiger partial charge is 0.267 e. The van der Waals surface area contributed by atoms with Gasteiger partial charge in [-0.15, -0.1) is 5.10 Å². The number of fused-ring (bicyclic) bond motifs is 2. The van der Waals surface area contributed by atoms with Gasteiger partial charge < -0.3 is 0 Å². The van der Waals surface area contributed by atoms with Crippen molar-refractivity contribution >= 4 is 50.3 Å². The van der Waals surface area contributed by atoms with Crippen molar-refractivity contribution in [3.8, 4) is 5.69 Å². The molecule has 0 unspecified atom stereocenters. The van der Waals surface area contributed by atoms with E-state index in [1.807, 2.05) is 60.7 Å². The van der Waals surface area contributed by atoms with Crippen LogP contribution in [0.15, 0.2) is 99.1 Å². The molecule has 0 aliphatic rings. The summed E-state index contributed by atoms with van der Waals surface area (Å²) >= 11 is 2.67. The lowest BCUT2D eigenvalue weighted by Gasteiger charge is -2.08. The van der Waals surface area contributed by atoms with Crippen LogP contribution in [-0.4, -0.2) is 40.8 Å². The van der Waals surface area contributed by atoms with Crippen molar-refractivity contribution in [3.05, 3.63) is 94.9 Å². The van der Waals surface area contributed by atoms with Gasteiger partial charge >= 0.3 is 0 Å². The number of hydrogen-bond donors (Lipinski definition) is 1. The molecule has 4 heterocycles. The molecule has 0 radical (unpaired) electrons. The molecule has 0 saturated heterocycles. The molecule has 0 atom stereocenters. The van der Waals surface area contributed by atoms with Crippen LogP contribution >= 0.6 is 23.1 Å². The minimum Gasteiger partial charge on any atom is -0.268 e. The van der Waals surface area contributed by atoms with E-state index >= 15 is 0 Å². The minimum absolute atomic E-state index is 0.258. The zero-order valence-corrected chi connectivity index (χ0v) is 19.5. The van der Waals surface area contributed by atoms with Crippen LogP contribution in [-0.2, 0) is 0 Å². The highest BCUT2D eigenvalue weighted by molar-refractivity contribution is 7.99. The summed E-state index contributed by atoms with van der Waals surface area (Å²) in [5.41, 5.74) is 5.16. The van der Waals surface area contributed by atoms with Gasteiger partial charge in [-0.05, 0) is 58.6 Å². The monoisotopic (exact) mass is 497 g/mol. The van der Waals surface area contributed by atoms with Crippen LogP contribution in [0.25, 0.3) is 21.6 Å². The third-order valence-electron chi connectivity index (χ3n) is 5.01. The van der Waals surface area contributed by atoms with Crippen molar-refractivity contribution in [1.82, 2.24) is 34.6 Å². The second-order valence-electron chi connectivity index (χ2n) is 7.23. The number of hydrogen-bond acceptors (Lipinski definition) is 10. The van der Waals surface area contributed by atoms with Crippen molar-refractivity contribution < 1.29 is 0 Å². The predicted octanol–water partition coefficient (Wildman–Crippen LogP) is 3.88. The number of thiazole rings is 1. The fraction of sp³-hybridized carbons (Fsp3) is 0. The number of hydrazone groups is 1. The largest absolute Gasteiger partial charge is 0.268 e. The first-order valence-corrected chi connectivity index (χ1v) is 12.1. The van der Waals surface area contributed by atoms with E-state index in [-0.39, 0.29) is 5.56 Å². The molecule has 10 nitrogen and oxygen atoms in total. The van der Waals surface area contributed by atoms with Gasteiger partial charge in [0.2, 0.25) is 10.3 Å². The predicted molar refractivity (Wildman–Crippen MR) is 136 cm³/mol. The highest BCUT2D eigenvalue weighted by Crippen LogP contribution is 2.28. The van der Waals surface area contributed by atoms with Gasteiger partial charge in [0.1, 0.15) is 10.7 Å². The Bertz CT molecular complexity index is 1710. The summed E-state index contributed by atoms with van der Waals surface area (Å²) in [6, 6.07) is 22.7. The summed E-state index contributed by atoms with van der Waals surface area (Å²) in [7, 11) is 0. The Morgan fingerprint density at radius 3 is 2.69 bits per heavy atom. The zero-order chi connectivity index (χ0) is 23.6. The molecule has 4 aromatic heterocycles. The number of nitrogens with zero attached hydrogens (tertiary/aromatic N) is 8. The number of benzene rings is 2. The summed E-state index contributed by atoms with van der Waals surface area (Å²) in [6.07, 6.45) is 3.13. The maximum Gasteiger partial charge on any atom is 0.267 e. The van der Waals surface area contributed by atoms with Gasteiger partial charge in [0, 0.05) is 6.20 Å². The number of rotatable bonds is 6. The van der Waals surface area contributed by atoms with E-state index in [0.717, 1.165) is 15.9 Å². The summed E-state index contributed by atoms with van der Waals surface area (Å²) in [5, 5.41) is 17.9. The molecule has 170 valence electrons. The van der Waals surface area contributed by atoms with Gasteiger partial charge in [-0.25, -0.2) is 9.97 Å². The van der Waals surface area contributed by atoms with Crippen molar-refractivity contribution in [1.29, 1.82) is 0 Å². The first kappa shape index (κ1) is 21.1. The molecule has 0 spiro atoms. The normalized spacial score (nSPS) is 11.5. The number of pyridine rings is 1. The average molecular weight is 498 g/mol. The molecule has 35 heavy (non-hydrogen) atoms. The molecule has 12 heteroatoms. The molecule has 0 bridgehead atoms. The second kappa shape index (κ2) is 9.08. The minimum atomic E-state index is -0.258. The fourth-order valence-electron chi connectivity index (χ4n) is 3.40. The van der Waals surface area contributed by atoms with Gasteiger partial charge in [0.25, 0.3) is 5.56 Å². The Morgan fingerprint density at radius 1 is 0.971 bits per heavy atom. The van der Waals surface area contributed by atoms with Gasteiger partial charge in [-0.1, -0.05) is 47.7 Å². The second-order valence-corrected chi connectivity index (χ2v) is 9.22. The number of tetrazole rings is 1. The first-order chi connectivity index (χ1) is 17.3. The third kappa shape index (κ3) is 4.16. The summed E-state index contributed by atoms with van der Waals surface area (Å²) < 4.78 is 4.12. The van der Waals surface area contributed by atoms with E-state index in [2.05, 4.69) is 31.0 Å². The Balaban J connectivity index is 1.38. The molecule has 0 aliphatic heterocycles. The van der Waals surface area contributed by atoms with Crippen molar-refractivity contribution in [3.63, 3.8) is 0 Å². The highest BCUT2D eigenvalue weighted by Gasteiger charge is 2.17. The lowest BCUT2D eigenvalue weighted by atomic mass is 10.3. The zero-order valence-electron chi connectivity index (χ0n) is 17.9. The van der Waals surface area contributed by atoms with Crippen LogP contribution in [0.4, 0.5) is 5.13 Å². The van der Waals surface area contributed by atoms with Crippen molar-refractivity contribution in [2.24, 2.45) is 5.10 Å². The molecule has 1 N–H and O–H groups in total. The maximum absolute atomic E-state index is 13.3. The molecule has 6 rings (SSSR count). The van der Waals surface area contributed by atoms with Crippen LogP contribution in [0, 0.1) is 0 Å². The number of aromatic nitrogens is 7. The molecule has 0 fully saturated rings. The average Bonchev–Trinajstić information content (AvgIpc) is 3.53. The van der Waals surface area contributed by atoms with Crippen LogP contribution in [0.1, 0.15) is 5.56 Å². The number of anilines is 1. The van der Waals surface area contributed by atoms with Crippen molar-refractivity contribution in [2.45, 2.75) is 10.2 Å². The van der Waals surface area contributed by atoms with Gasteiger partial charge in [-0.2, -0.15) is 9.78 Å². The third-order valence-corrected chi connectivity index (χ3v) is 6.89. The van der Waals surface area contributed by atoms with Crippen LogP contribution in [0.2, 0.25) is 0 Å². The van der Waals surface area contributed by atoms with Gasteiger partial charge in [-0.3, -0.25) is 14.6 Å². The van der Waals surface area contributed by atoms with Gasteiger partial charge in [0.15, 0.2) is 0 Å². The van der Waals surface area contributed by atoms with Crippen molar-refractivity contribution in [2.75, 3.05) is 5.43 Å². The standard InChI is InChI=1S/C23H15N9OS2/c33-21-16(14-24-27-22-25-17-10-4-5-11-18(17)34-22)20(26-19-12-6-7-13-31(19)21)35-23-28-29-30-32(23)15-8-2-1-3-9-15/h1-14H,(H,25,27). The van der Waals surface area contributed by atoms with Crippen LogP contribution in [0.5, 0.6) is 0 Å². The molecular weight excluding hydrogens is 482 g/mol. The van der Waals surface area contributed by atoms with E-state index < -0.39 is 0 Å². The fourth-order valence-corrected chi connectivity index (χ4v) is 5.09. The van der Waals surface area contributed by atoms with Crippen LogP contribution < -0.4 is 11.0 Å². The summed E-state index contributed by atoms with van der Waals surface area (Å²) in [6.45, 7) is 0. The SMILES string of the molecule is O=c1c(C=NNc2nc3ccccc3s2)c(Sc2nnnn2-c2ccccc2)nc2ccccn12. The Morgan fingerprint density at radius 2 is 1.80 bits per heavy atom. The Kier molecular flexibility index (Phi) is 5.48. The topological polar surface area (TPSA) is 115 Å². The van der Waals surface area contributed by atoms with E-state index in [4.69, 9.17) is 4.98 Å². The quantitative estimate of drug-likeness (QED) is 0.209. The van der Waals surface area contributed by atoms with Gasteiger partial charge in [0.05, 0.1) is 27.7 Å². The molecular formula is C23H15N9OS2. The lowest BCUT2D eigenvalue weighted by Crippen LogP contribution is -2.21. The Labute approximate surface area is 206 Å². The maximum atomic E-state index is 13.3. The molecule has 0 amide bonds. The van der Waals surface area contributed by atoms with Crippen LogP contribution in [0.3, 0.4) is 0 Å². The van der Waals surface area contributed by atoms with E-state index in [1.165, 1.54) is 33.7 Å². The van der Waals surface area contributed by atoms with E-state index in [1.54, 1.807) is 23.0 Å². The Hall–Kier alpha value is -4.42. The summed E-state index contributed by atoms with van der Waals surface area (Å²) in [5.74, 6) is 0. The molecule has 0 saturated carbocycles.